The van der Waals surface area contributed by atoms with E-state index in [1.54, 1.807) is 12.2 Å². The second-order valence-corrected chi connectivity index (χ2v) is 19.8. The fraction of sp³-hybridized carbons (Fsp3) is 0.690. The quantitative estimate of drug-likeness (QED) is 0.0502. The summed E-state index contributed by atoms with van der Waals surface area (Å²) >= 11 is 0. The lowest BCUT2D eigenvalue weighted by atomic mass is 9.71. The first-order chi connectivity index (χ1) is 31.4. The van der Waals surface area contributed by atoms with Crippen molar-refractivity contribution < 1.29 is 19.1 Å². The number of benzene rings is 2. The number of carbonyl (C=O) groups is 2. The minimum atomic E-state index is -0.805. The Hall–Kier alpha value is -3.54. The van der Waals surface area contributed by atoms with Crippen LogP contribution >= 0.6 is 0 Å². The molecule has 0 unspecified atom stereocenters. The molecule has 64 heavy (non-hydrogen) atoms. The number of Topliss-reactive ketones (excluding diaryl/α,β-unsaturated/α-hetero) is 2. The molecule has 2 aliphatic heterocycles. The third-order valence-corrected chi connectivity index (χ3v) is 14.1. The first kappa shape index (κ1) is 51.4. The Morgan fingerprint density at radius 2 is 0.672 bits per heavy atom. The summed E-state index contributed by atoms with van der Waals surface area (Å²) in [5.41, 5.74) is 4.39. The maximum Gasteiger partial charge on any atom is 0.197 e. The van der Waals surface area contributed by atoms with Gasteiger partial charge in [-0.15, -0.1) is 0 Å². The number of nitrogens with zero attached hydrogens (tertiary/aromatic N) is 2. The summed E-state index contributed by atoms with van der Waals surface area (Å²) in [6.45, 7) is 10.4. The lowest BCUT2D eigenvalue weighted by Gasteiger charge is -2.30. The fourth-order valence-corrected chi connectivity index (χ4v) is 9.95. The van der Waals surface area contributed by atoms with Crippen molar-refractivity contribution in [2.24, 2.45) is 11.8 Å². The van der Waals surface area contributed by atoms with Crippen LogP contribution in [0, 0.1) is 25.7 Å². The highest BCUT2D eigenvalue weighted by Gasteiger charge is 2.48. The lowest BCUT2D eigenvalue weighted by Crippen LogP contribution is -2.47. The number of unbranched alkanes of at least 4 members (excludes halogenated alkanes) is 30. The van der Waals surface area contributed by atoms with E-state index in [4.69, 9.17) is 9.47 Å². The van der Waals surface area contributed by atoms with Crippen LogP contribution in [0.5, 0.6) is 11.5 Å². The van der Waals surface area contributed by atoms with Gasteiger partial charge in [0.15, 0.2) is 34.8 Å². The zero-order chi connectivity index (χ0) is 45.2. The third-order valence-electron chi connectivity index (χ3n) is 14.1. The van der Waals surface area contributed by atoms with Gasteiger partial charge in [-0.3, -0.25) is 9.59 Å². The van der Waals surface area contributed by atoms with Gasteiger partial charge in [0.05, 0.1) is 11.4 Å². The van der Waals surface area contributed by atoms with Gasteiger partial charge in [0, 0.05) is 13.1 Å². The van der Waals surface area contributed by atoms with Gasteiger partial charge in [0.25, 0.3) is 0 Å². The SMILES string of the molecule is CCCCCCCCCCCCCCCCCCN1/C(=C/C2C(=O)C(/C=C3\Oc4ccc(C)cc4N3CCCCCCCCCCCCCCCCCC)C2=O)Oc2ccc(C)cc21. The van der Waals surface area contributed by atoms with Crippen molar-refractivity contribution in [3.8, 4) is 11.5 Å². The van der Waals surface area contributed by atoms with E-state index in [-0.39, 0.29) is 11.6 Å². The number of ketones is 2. The second kappa shape index (κ2) is 29.9. The highest BCUT2D eigenvalue weighted by molar-refractivity contribution is 6.26. The highest BCUT2D eigenvalue weighted by atomic mass is 16.5. The first-order valence-corrected chi connectivity index (χ1v) is 27.0. The Balaban J connectivity index is 1.03. The van der Waals surface area contributed by atoms with E-state index < -0.39 is 11.8 Å². The molecule has 0 saturated heterocycles. The predicted octanol–water partition coefficient (Wildman–Crippen LogP) is 17.0. The molecule has 2 aromatic carbocycles. The molecule has 5 rings (SSSR count). The number of carbonyl (C=O) groups excluding carboxylic acids is 2. The maximum atomic E-state index is 13.8. The molecular weight excluding hydrogens is 789 g/mol. The minimum absolute atomic E-state index is 0.0822. The molecule has 3 aliphatic rings. The molecule has 2 aromatic rings. The Kier molecular flexibility index (Phi) is 24.0. The number of allylic oxidation sites excluding steroid dienone is 2. The summed E-state index contributed by atoms with van der Waals surface area (Å²) in [4.78, 5) is 32.0. The molecule has 6 heteroatoms. The van der Waals surface area contributed by atoms with Crippen molar-refractivity contribution in [2.45, 2.75) is 233 Å². The lowest BCUT2D eigenvalue weighted by molar-refractivity contribution is -0.146. The van der Waals surface area contributed by atoms with Crippen molar-refractivity contribution in [3.63, 3.8) is 0 Å². The number of aryl methyl sites for hydroxylation is 2. The number of fused-ring (bicyclic) bond motifs is 2. The number of rotatable bonds is 36. The van der Waals surface area contributed by atoms with Crippen LogP contribution in [0.2, 0.25) is 0 Å². The van der Waals surface area contributed by atoms with Crippen LogP contribution in [0.15, 0.2) is 60.3 Å². The molecule has 0 atom stereocenters. The van der Waals surface area contributed by atoms with E-state index >= 15 is 0 Å². The summed E-state index contributed by atoms with van der Waals surface area (Å²) in [7, 11) is 0. The molecule has 1 aliphatic carbocycles. The zero-order valence-corrected chi connectivity index (χ0v) is 41.3. The van der Waals surface area contributed by atoms with E-state index in [9.17, 15) is 9.59 Å². The Morgan fingerprint density at radius 3 is 0.953 bits per heavy atom. The summed E-state index contributed by atoms with van der Waals surface area (Å²) in [6, 6.07) is 12.5. The van der Waals surface area contributed by atoms with Crippen molar-refractivity contribution >= 4 is 22.9 Å². The molecule has 6 nitrogen and oxygen atoms in total. The third kappa shape index (κ3) is 17.0. The summed E-state index contributed by atoms with van der Waals surface area (Å²) in [6.07, 6.45) is 46.4. The average Bonchev–Trinajstić information content (AvgIpc) is 3.82. The van der Waals surface area contributed by atoms with Gasteiger partial charge in [-0.1, -0.05) is 219 Å². The standard InChI is InChI=1S/C58H90N2O4/c1-5-7-9-11-13-15-17-19-21-23-25-27-29-31-33-35-41-59-51-43-47(3)37-39-53(51)63-55(59)45-49-57(61)50(58(49)62)46-56-60(52-44-48(4)38-40-54(52)64-56)42-36-34-32-30-28-26-24-22-20-18-16-14-12-10-8-6-2/h37-40,43-46,49-50H,5-36,41-42H2,1-4H3/b55-45-,56-46-. The van der Waals surface area contributed by atoms with Gasteiger partial charge in [0.1, 0.15) is 11.8 Å². The van der Waals surface area contributed by atoms with E-state index in [2.05, 4.69) is 61.8 Å². The van der Waals surface area contributed by atoms with Crippen LogP contribution < -0.4 is 19.3 Å². The monoisotopic (exact) mass is 879 g/mol. The van der Waals surface area contributed by atoms with E-state index in [0.29, 0.717) is 11.8 Å². The Bertz CT molecular complexity index is 1590. The van der Waals surface area contributed by atoms with Crippen LogP contribution in [0.1, 0.15) is 230 Å². The molecule has 0 N–H and O–H groups in total. The molecule has 0 spiro atoms. The first-order valence-electron chi connectivity index (χ1n) is 27.0. The van der Waals surface area contributed by atoms with Crippen LogP contribution in [-0.4, -0.2) is 24.7 Å². The number of hydrogen-bond acceptors (Lipinski definition) is 6. The highest BCUT2D eigenvalue weighted by Crippen LogP contribution is 2.44. The van der Waals surface area contributed by atoms with Crippen molar-refractivity contribution in [1.29, 1.82) is 0 Å². The van der Waals surface area contributed by atoms with Crippen LogP contribution in [0.3, 0.4) is 0 Å². The fourth-order valence-electron chi connectivity index (χ4n) is 9.95. The number of hydrogen-bond donors (Lipinski definition) is 0. The average molecular weight is 879 g/mol. The smallest absolute Gasteiger partial charge is 0.197 e. The second-order valence-electron chi connectivity index (χ2n) is 19.8. The van der Waals surface area contributed by atoms with Crippen LogP contribution in [-0.2, 0) is 9.59 Å². The van der Waals surface area contributed by atoms with Gasteiger partial charge in [-0.25, -0.2) is 0 Å². The van der Waals surface area contributed by atoms with E-state index in [1.807, 2.05) is 12.1 Å². The van der Waals surface area contributed by atoms with Gasteiger partial charge in [-0.2, -0.15) is 0 Å². The molecule has 0 amide bonds. The van der Waals surface area contributed by atoms with E-state index in [0.717, 1.165) is 61.6 Å². The minimum Gasteiger partial charge on any atom is -0.439 e. The maximum absolute atomic E-state index is 13.8. The molecule has 0 bridgehead atoms. The normalized spacial score (nSPS) is 17.9. The van der Waals surface area contributed by atoms with Crippen molar-refractivity contribution in [3.05, 3.63) is 71.4 Å². The van der Waals surface area contributed by atoms with Crippen molar-refractivity contribution in [2.75, 3.05) is 22.9 Å². The number of anilines is 2. The zero-order valence-electron chi connectivity index (χ0n) is 41.3. The van der Waals surface area contributed by atoms with Crippen molar-refractivity contribution in [1.82, 2.24) is 0 Å². The summed E-state index contributed by atoms with van der Waals surface area (Å²) < 4.78 is 12.7. The molecular formula is C58H90N2O4. The Labute approximate surface area is 391 Å². The van der Waals surface area contributed by atoms with Crippen LogP contribution in [0.4, 0.5) is 11.4 Å². The van der Waals surface area contributed by atoms with Gasteiger partial charge >= 0.3 is 0 Å². The predicted molar refractivity (Wildman–Crippen MR) is 271 cm³/mol. The molecule has 1 fully saturated rings. The molecule has 356 valence electrons. The molecule has 1 saturated carbocycles. The van der Waals surface area contributed by atoms with Gasteiger partial charge in [0.2, 0.25) is 0 Å². The van der Waals surface area contributed by atoms with Crippen LogP contribution in [0.25, 0.3) is 0 Å². The summed E-state index contributed by atoms with van der Waals surface area (Å²) in [5, 5.41) is 0. The molecule has 2 heterocycles. The van der Waals surface area contributed by atoms with Gasteiger partial charge in [-0.05, 0) is 74.2 Å². The topological polar surface area (TPSA) is 59.1 Å². The largest absolute Gasteiger partial charge is 0.439 e. The van der Waals surface area contributed by atoms with Gasteiger partial charge < -0.3 is 19.3 Å². The number of ether oxygens (including phenoxy) is 2. The van der Waals surface area contributed by atoms with E-state index in [1.165, 1.54) is 191 Å². The summed E-state index contributed by atoms with van der Waals surface area (Å²) in [5.74, 6) is 1.05. The molecule has 0 radical (unpaired) electrons. The molecule has 0 aromatic heterocycles. The Morgan fingerprint density at radius 1 is 0.406 bits per heavy atom.